The Hall–Kier alpha value is -1.13. The van der Waals surface area contributed by atoms with Gasteiger partial charge in [0.1, 0.15) is 5.82 Å². The van der Waals surface area contributed by atoms with Crippen molar-refractivity contribution in [2.75, 3.05) is 5.32 Å². The fourth-order valence-electron chi connectivity index (χ4n) is 1.48. The summed E-state index contributed by atoms with van der Waals surface area (Å²) in [5, 5.41) is 4.94. The van der Waals surface area contributed by atoms with Crippen molar-refractivity contribution in [3.63, 3.8) is 0 Å². The zero-order valence-electron chi connectivity index (χ0n) is 10.7. The second-order valence-corrected chi connectivity index (χ2v) is 6.38. The zero-order valence-corrected chi connectivity index (χ0v) is 12.3. The topological polar surface area (TPSA) is 37.8 Å². The lowest BCUT2D eigenvalue weighted by atomic mass is 10.1. The van der Waals surface area contributed by atoms with Gasteiger partial charge in [-0.25, -0.2) is 4.98 Å². The van der Waals surface area contributed by atoms with Gasteiger partial charge in [0.25, 0.3) is 0 Å². The SMILES string of the molecule is CC(C)(C)Nc1nc(Cc2ccc(Cl)cc2)ns1. The molecule has 0 saturated heterocycles. The van der Waals surface area contributed by atoms with E-state index in [4.69, 9.17) is 11.6 Å². The molecule has 5 heteroatoms. The van der Waals surface area contributed by atoms with Crippen LogP contribution in [0.3, 0.4) is 0 Å². The Morgan fingerprint density at radius 2 is 1.89 bits per heavy atom. The molecular formula is C13H16ClN3S. The molecule has 0 radical (unpaired) electrons. The van der Waals surface area contributed by atoms with Crippen LogP contribution in [-0.4, -0.2) is 14.9 Å². The van der Waals surface area contributed by atoms with Gasteiger partial charge >= 0.3 is 0 Å². The van der Waals surface area contributed by atoms with E-state index in [0.29, 0.717) is 0 Å². The average molecular weight is 282 g/mol. The Morgan fingerprint density at radius 1 is 1.22 bits per heavy atom. The Balaban J connectivity index is 2.04. The fraction of sp³-hybridized carbons (Fsp3) is 0.385. The Kier molecular flexibility index (Phi) is 3.88. The minimum absolute atomic E-state index is 0.0110. The normalized spacial score (nSPS) is 11.6. The van der Waals surface area contributed by atoms with E-state index in [1.165, 1.54) is 17.1 Å². The first kappa shape index (κ1) is 13.3. The first-order valence-corrected chi connectivity index (χ1v) is 6.93. The van der Waals surface area contributed by atoms with E-state index in [1.54, 1.807) is 0 Å². The van der Waals surface area contributed by atoms with Crippen molar-refractivity contribution in [1.82, 2.24) is 9.36 Å². The number of nitrogens with zero attached hydrogens (tertiary/aromatic N) is 2. The van der Waals surface area contributed by atoms with Gasteiger partial charge in [0, 0.05) is 28.5 Å². The van der Waals surface area contributed by atoms with Crippen molar-refractivity contribution in [1.29, 1.82) is 0 Å². The van der Waals surface area contributed by atoms with Crippen molar-refractivity contribution < 1.29 is 0 Å². The number of nitrogens with one attached hydrogen (secondary N) is 1. The number of hydrogen-bond donors (Lipinski definition) is 1. The number of rotatable bonds is 3. The lowest BCUT2D eigenvalue weighted by Crippen LogP contribution is -2.25. The standard InChI is InChI=1S/C13H16ClN3S/c1-13(2,3)16-12-15-11(17-18-12)8-9-4-6-10(14)7-5-9/h4-7H,8H2,1-3H3,(H,15,16,17). The number of hydrogen-bond acceptors (Lipinski definition) is 4. The molecule has 0 spiro atoms. The number of aromatic nitrogens is 2. The molecule has 2 rings (SSSR count). The van der Waals surface area contributed by atoms with Crippen LogP contribution in [0, 0.1) is 0 Å². The first-order chi connectivity index (χ1) is 8.42. The molecule has 18 heavy (non-hydrogen) atoms. The molecule has 0 atom stereocenters. The van der Waals surface area contributed by atoms with Crippen molar-refractivity contribution in [2.45, 2.75) is 32.7 Å². The summed E-state index contributed by atoms with van der Waals surface area (Å²) < 4.78 is 4.35. The van der Waals surface area contributed by atoms with Crippen molar-refractivity contribution in [3.05, 3.63) is 40.7 Å². The van der Waals surface area contributed by atoms with Crippen LogP contribution in [0.25, 0.3) is 0 Å². The monoisotopic (exact) mass is 281 g/mol. The minimum atomic E-state index is 0.0110. The molecule has 0 aliphatic rings. The van der Waals surface area contributed by atoms with Gasteiger partial charge in [0.2, 0.25) is 5.13 Å². The summed E-state index contributed by atoms with van der Waals surface area (Å²) in [6, 6.07) is 7.77. The van der Waals surface area contributed by atoms with Gasteiger partial charge in [-0.15, -0.1) is 0 Å². The third-order valence-electron chi connectivity index (χ3n) is 2.23. The molecule has 0 bridgehead atoms. The molecule has 96 valence electrons. The van der Waals surface area contributed by atoms with Crippen LogP contribution in [0.5, 0.6) is 0 Å². The average Bonchev–Trinajstić information content (AvgIpc) is 2.66. The number of halogens is 1. The van der Waals surface area contributed by atoms with Crippen LogP contribution in [0.15, 0.2) is 24.3 Å². The lowest BCUT2D eigenvalue weighted by Gasteiger charge is -2.18. The van der Waals surface area contributed by atoms with E-state index in [-0.39, 0.29) is 5.54 Å². The summed E-state index contributed by atoms with van der Waals surface area (Å²) in [6.07, 6.45) is 0.736. The Morgan fingerprint density at radius 3 is 2.50 bits per heavy atom. The molecule has 0 amide bonds. The highest BCUT2D eigenvalue weighted by atomic mass is 35.5. The molecule has 0 aliphatic carbocycles. The van der Waals surface area contributed by atoms with E-state index in [1.807, 2.05) is 24.3 Å². The van der Waals surface area contributed by atoms with E-state index < -0.39 is 0 Å². The third-order valence-corrected chi connectivity index (χ3v) is 3.15. The van der Waals surface area contributed by atoms with Crippen LogP contribution in [0.2, 0.25) is 5.02 Å². The maximum atomic E-state index is 5.85. The van der Waals surface area contributed by atoms with Crippen molar-refractivity contribution in [3.8, 4) is 0 Å². The van der Waals surface area contributed by atoms with Crippen LogP contribution in [0.4, 0.5) is 5.13 Å². The van der Waals surface area contributed by atoms with Gasteiger partial charge in [-0.1, -0.05) is 23.7 Å². The van der Waals surface area contributed by atoms with E-state index >= 15 is 0 Å². The largest absolute Gasteiger partial charge is 0.356 e. The van der Waals surface area contributed by atoms with Crippen molar-refractivity contribution >= 4 is 28.3 Å². The van der Waals surface area contributed by atoms with Gasteiger partial charge < -0.3 is 5.32 Å². The molecule has 1 aromatic heterocycles. The highest BCUT2D eigenvalue weighted by molar-refractivity contribution is 7.09. The second kappa shape index (κ2) is 5.24. The summed E-state index contributed by atoms with van der Waals surface area (Å²) in [7, 11) is 0. The fourth-order valence-corrected chi connectivity index (χ4v) is 2.40. The highest BCUT2D eigenvalue weighted by Crippen LogP contribution is 2.19. The van der Waals surface area contributed by atoms with Crippen molar-refractivity contribution in [2.24, 2.45) is 0 Å². The zero-order chi connectivity index (χ0) is 13.2. The van der Waals surface area contributed by atoms with E-state index in [0.717, 1.165) is 22.4 Å². The molecule has 2 aromatic rings. The summed E-state index contributed by atoms with van der Waals surface area (Å²) >= 11 is 7.25. The molecule has 0 unspecified atom stereocenters. The Labute approximate surface area is 116 Å². The van der Waals surface area contributed by atoms with Gasteiger partial charge in [-0.2, -0.15) is 4.37 Å². The predicted octanol–water partition coefficient (Wildman–Crippen LogP) is 3.99. The number of anilines is 1. The second-order valence-electron chi connectivity index (χ2n) is 5.19. The summed E-state index contributed by atoms with van der Waals surface area (Å²) in [6.45, 7) is 6.31. The van der Waals surface area contributed by atoms with Gasteiger partial charge in [-0.3, -0.25) is 0 Å². The van der Waals surface area contributed by atoms with E-state index in [9.17, 15) is 0 Å². The smallest absolute Gasteiger partial charge is 0.202 e. The minimum Gasteiger partial charge on any atom is -0.356 e. The van der Waals surface area contributed by atoms with E-state index in [2.05, 4.69) is 35.4 Å². The molecular weight excluding hydrogens is 266 g/mol. The molecule has 1 aromatic carbocycles. The highest BCUT2D eigenvalue weighted by Gasteiger charge is 2.13. The summed E-state index contributed by atoms with van der Waals surface area (Å²) in [4.78, 5) is 4.48. The predicted molar refractivity (Wildman–Crippen MR) is 77.5 cm³/mol. The van der Waals surface area contributed by atoms with Crippen LogP contribution < -0.4 is 5.32 Å². The molecule has 1 N–H and O–H groups in total. The summed E-state index contributed by atoms with van der Waals surface area (Å²) in [5.74, 6) is 0.842. The molecule has 0 aliphatic heterocycles. The van der Waals surface area contributed by atoms with Gasteiger partial charge in [0.05, 0.1) is 0 Å². The van der Waals surface area contributed by atoms with Crippen LogP contribution in [-0.2, 0) is 6.42 Å². The maximum absolute atomic E-state index is 5.85. The number of benzene rings is 1. The van der Waals surface area contributed by atoms with Crippen LogP contribution >= 0.6 is 23.1 Å². The summed E-state index contributed by atoms with van der Waals surface area (Å²) in [5.41, 5.74) is 1.18. The van der Waals surface area contributed by atoms with Crippen LogP contribution in [0.1, 0.15) is 32.2 Å². The molecule has 3 nitrogen and oxygen atoms in total. The first-order valence-electron chi connectivity index (χ1n) is 5.77. The third kappa shape index (κ3) is 3.96. The maximum Gasteiger partial charge on any atom is 0.202 e. The van der Waals surface area contributed by atoms with Gasteiger partial charge in [-0.05, 0) is 38.5 Å². The molecule has 0 fully saturated rings. The molecule has 0 saturated carbocycles. The lowest BCUT2D eigenvalue weighted by molar-refractivity contribution is 0.633. The molecule has 1 heterocycles. The Bertz CT molecular complexity index is 514. The quantitative estimate of drug-likeness (QED) is 0.924. The van der Waals surface area contributed by atoms with Gasteiger partial charge in [0.15, 0.2) is 0 Å².